The monoisotopic (exact) mass is 332 g/mol. The summed E-state index contributed by atoms with van der Waals surface area (Å²) in [6.07, 6.45) is 1.27. The van der Waals surface area contributed by atoms with Gasteiger partial charge in [0.25, 0.3) is 0 Å². The van der Waals surface area contributed by atoms with Crippen LogP contribution in [0.1, 0.15) is 26.5 Å². The number of nitrogens with one attached hydrogen (secondary N) is 1. The summed E-state index contributed by atoms with van der Waals surface area (Å²) >= 11 is 1.62. The first kappa shape index (κ1) is 16.7. The van der Waals surface area contributed by atoms with E-state index in [-0.39, 0.29) is 5.54 Å². The summed E-state index contributed by atoms with van der Waals surface area (Å²) in [4.78, 5) is 6.80. The minimum Gasteiger partial charge on any atom is -0.345 e. The lowest BCUT2D eigenvalue weighted by molar-refractivity contribution is 0.387. The molecule has 0 spiro atoms. The van der Waals surface area contributed by atoms with E-state index < -0.39 is 10.0 Å². The van der Waals surface area contributed by atoms with E-state index in [9.17, 15) is 8.42 Å². The predicted octanol–water partition coefficient (Wildman–Crippen LogP) is 1.11. The molecule has 6 nitrogen and oxygen atoms in total. The fraction of sp³-hybridized carbons (Fsp3) is 0.769. The molecule has 0 saturated carbocycles. The first-order valence-corrected chi connectivity index (χ1v) is 9.77. The Labute approximate surface area is 131 Å². The van der Waals surface area contributed by atoms with Crippen molar-refractivity contribution in [2.45, 2.75) is 32.9 Å². The average Bonchev–Trinajstić information content (AvgIpc) is 2.83. The third-order valence-electron chi connectivity index (χ3n) is 3.32. The first-order chi connectivity index (χ1) is 9.65. The summed E-state index contributed by atoms with van der Waals surface area (Å²) in [5, 5.41) is 6.47. The SMILES string of the molecule is CC(C)(C)NCc1csc(N2CCN(S(C)(=O)=O)CC2)n1. The summed E-state index contributed by atoms with van der Waals surface area (Å²) in [6, 6.07) is 0. The van der Waals surface area contributed by atoms with Gasteiger partial charge in [0.15, 0.2) is 5.13 Å². The van der Waals surface area contributed by atoms with Gasteiger partial charge in [-0.25, -0.2) is 13.4 Å². The van der Waals surface area contributed by atoms with E-state index in [1.54, 1.807) is 11.3 Å². The highest BCUT2D eigenvalue weighted by atomic mass is 32.2. The zero-order chi connectivity index (χ0) is 15.7. The number of piperazine rings is 1. The molecule has 1 fully saturated rings. The summed E-state index contributed by atoms with van der Waals surface area (Å²) in [7, 11) is -3.07. The number of hydrogen-bond donors (Lipinski definition) is 1. The summed E-state index contributed by atoms with van der Waals surface area (Å²) in [6.45, 7) is 9.62. The molecule has 2 rings (SSSR count). The van der Waals surface area contributed by atoms with Gasteiger partial charge < -0.3 is 10.2 Å². The Hall–Kier alpha value is -0.700. The Kier molecular flexibility index (Phi) is 4.92. The minimum absolute atomic E-state index is 0.0743. The van der Waals surface area contributed by atoms with Crippen LogP contribution in [-0.2, 0) is 16.6 Å². The maximum absolute atomic E-state index is 11.5. The van der Waals surface area contributed by atoms with Gasteiger partial charge in [-0.2, -0.15) is 4.31 Å². The fourth-order valence-corrected chi connectivity index (χ4v) is 3.80. The van der Waals surface area contributed by atoms with Gasteiger partial charge in [0.2, 0.25) is 10.0 Å². The Balaban J connectivity index is 1.91. The maximum atomic E-state index is 11.5. The van der Waals surface area contributed by atoms with E-state index in [4.69, 9.17) is 0 Å². The number of anilines is 1. The Morgan fingerprint density at radius 1 is 1.29 bits per heavy atom. The van der Waals surface area contributed by atoms with Crippen LogP contribution < -0.4 is 10.2 Å². The standard InChI is InChI=1S/C13H24N4O2S2/c1-13(2,3)14-9-11-10-20-12(15-11)16-5-7-17(8-6-16)21(4,18)19/h10,14H,5-9H2,1-4H3. The normalized spacial score (nSPS) is 18.2. The lowest BCUT2D eigenvalue weighted by Gasteiger charge is -2.32. The molecule has 1 N–H and O–H groups in total. The topological polar surface area (TPSA) is 65.5 Å². The van der Waals surface area contributed by atoms with Crippen LogP contribution in [0.15, 0.2) is 5.38 Å². The van der Waals surface area contributed by atoms with Gasteiger partial charge in [-0.15, -0.1) is 11.3 Å². The third kappa shape index (κ3) is 4.91. The fourth-order valence-electron chi connectivity index (χ4n) is 2.09. The third-order valence-corrected chi connectivity index (χ3v) is 5.57. The van der Waals surface area contributed by atoms with Crippen molar-refractivity contribution in [2.24, 2.45) is 0 Å². The average molecular weight is 332 g/mol. The van der Waals surface area contributed by atoms with Crippen molar-refractivity contribution in [3.8, 4) is 0 Å². The number of thiazole rings is 1. The molecule has 0 unspecified atom stereocenters. The van der Waals surface area contributed by atoms with E-state index in [2.05, 4.69) is 41.4 Å². The molecule has 0 aliphatic carbocycles. The Bertz CT molecular complexity index is 569. The Morgan fingerprint density at radius 3 is 2.43 bits per heavy atom. The van der Waals surface area contributed by atoms with Crippen molar-refractivity contribution in [2.75, 3.05) is 37.3 Å². The molecule has 21 heavy (non-hydrogen) atoms. The van der Waals surface area contributed by atoms with Gasteiger partial charge in [0.05, 0.1) is 11.9 Å². The summed E-state index contributed by atoms with van der Waals surface area (Å²) < 4.78 is 24.5. The molecule has 0 atom stereocenters. The molecule has 1 aliphatic rings. The summed E-state index contributed by atoms with van der Waals surface area (Å²) in [5.41, 5.74) is 1.11. The molecular formula is C13H24N4O2S2. The highest BCUT2D eigenvalue weighted by molar-refractivity contribution is 7.88. The van der Waals surface area contributed by atoms with E-state index >= 15 is 0 Å². The van der Waals surface area contributed by atoms with Gasteiger partial charge in [0.1, 0.15) is 0 Å². The number of hydrogen-bond acceptors (Lipinski definition) is 6. The number of aromatic nitrogens is 1. The van der Waals surface area contributed by atoms with E-state index in [0.717, 1.165) is 17.4 Å². The first-order valence-electron chi connectivity index (χ1n) is 7.05. The van der Waals surface area contributed by atoms with Crippen molar-refractivity contribution in [3.63, 3.8) is 0 Å². The molecule has 0 bridgehead atoms. The second-order valence-corrected chi connectivity index (χ2v) is 9.19. The molecule has 2 heterocycles. The smallest absolute Gasteiger partial charge is 0.211 e. The minimum atomic E-state index is -3.07. The van der Waals surface area contributed by atoms with Gasteiger partial charge in [0, 0.05) is 43.6 Å². The zero-order valence-corrected chi connectivity index (χ0v) is 14.7. The molecule has 1 saturated heterocycles. The van der Waals surface area contributed by atoms with Crippen LogP contribution in [-0.4, -0.2) is 55.7 Å². The van der Waals surface area contributed by atoms with E-state index in [0.29, 0.717) is 26.2 Å². The molecule has 1 aromatic rings. The lowest BCUT2D eigenvalue weighted by atomic mass is 10.1. The van der Waals surface area contributed by atoms with Crippen molar-refractivity contribution in [3.05, 3.63) is 11.1 Å². The molecule has 120 valence electrons. The van der Waals surface area contributed by atoms with Gasteiger partial charge >= 0.3 is 0 Å². The van der Waals surface area contributed by atoms with Crippen LogP contribution in [0.25, 0.3) is 0 Å². The van der Waals surface area contributed by atoms with Crippen LogP contribution in [0.5, 0.6) is 0 Å². The largest absolute Gasteiger partial charge is 0.345 e. The van der Waals surface area contributed by atoms with Crippen LogP contribution in [0, 0.1) is 0 Å². The molecule has 1 aliphatic heterocycles. The van der Waals surface area contributed by atoms with Crippen molar-refractivity contribution >= 4 is 26.5 Å². The predicted molar refractivity (Wildman–Crippen MR) is 87.3 cm³/mol. The van der Waals surface area contributed by atoms with Crippen LogP contribution in [0.2, 0.25) is 0 Å². The maximum Gasteiger partial charge on any atom is 0.211 e. The number of nitrogens with zero attached hydrogens (tertiary/aromatic N) is 3. The zero-order valence-electron chi connectivity index (χ0n) is 13.1. The molecule has 0 radical (unpaired) electrons. The van der Waals surface area contributed by atoms with Crippen molar-refractivity contribution in [1.29, 1.82) is 0 Å². The second-order valence-electron chi connectivity index (χ2n) is 6.37. The molecule has 1 aromatic heterocycles. The molecular weight excluding hydrogens is 308 g/mol. The van der Waals surface area contributed by atoms with Crippen LogP contribution in [0.3, 0.4) is 0 Å². The molecule has 0 amide bonds. The number of sulfonamides is 1. The highest BCUT2D eigenvalue weighted by Crippen LogP contribution is 2.22. The van der Waals surface area contributed by atoms with E-state index in [1.807, 2.05) is 0 Å². The van der Waals surface area contributed by atoms with E-state index in [1.165, 1.54) is 10.6 Å². The van der Waals surface area contributed by atoms with Gasteiger partial charge in [-0.1, -0.05) is 0 Å². The van der Waals surface area contributed by atoms with Gasteiger partial charge in [-0.05, 0) is 20.8 Å². The van der Waals surface area contributed by atoms with Crippen molar-refractivity contribution in [1.82, 2.24) is 14.6 Å². The molecule has 0 aromatic carbocycles. The summed E-state index contributed by atoms with van der Waals surface area (Å²) in [5.74, 6) is 0. The van der Waals surface area contributed by atoms with Crippen molar-refractivity contribution < 1.29 is 8.42 Å². The number of rotatable bonds is 4. The quantitative estimate of drug-likeness (QED) is 0.895. The van der Waals surface area contributed by atoms with Gasteiger partial charge in [-0.3, -0.25) is 0 Å². The Morgan fingerprint density at radius 2 is 1.90 bits per heavy atom. The van der Waals surface area contributed by atoms with Crippen LogP contribution >= 0.6 is 11.3 Å². The second kappa shape index (κ2) is 6.20. The highest BCUT2D eigenvalue weighted by Gasteiger charge is 2.24. The van der Waals surface area contributed by atoms with Crippen LogP contribution in [0.4, 0.5) is 5.13 Å². The molecule has 8 heteroatoms. The lowest BCUT2D eigenvalue weighted by Crippen LogP contribution is -2.48.